The standard InChI is InChI=1S/C19H20F3N3O3/c1-11(2)17(26)25-16-9-14(4-5-23-16)18(27)24-10-13-6-12(3)7-15(8-13)28-19(20,21)22/h4-9,11H,10H2,1-3H3,(H,24,27)(H,23,25,26). The van der Waals surface area contributed by atoms with Crippen LogP contribution in [0.5, 0.6) is 5.75 Å². The van der Waals surface area contributed by atoms with Crippen LogP contribution in [0.15, 0.2) is 36.5 Å². The van der Waals surface area contributed by atoms with Crippen molar-refractivity contribution >= 4 is 17.6 Å². The largest absolute Gasteiger partial charge is 0.573 e. The molecule has 2 aromatic rings. The summed E-state index contributed by atoms with van der Waals surface area (Å²) in [5.74, 6) is -1.04. The van der Waals surface area contributed by atoms with Crippen molar-refractivity contribution in [1.29, 1.82) is 0 Å². The summed E-state index contributed by atoms with van der Waals surface area (Å²) >= 11 is 0. The van der Waals surface area contributed by atoms with Gasteiger partial charge in [-0.1, -0.05) is 19.9 Å². The van der Waals surface area contributed by atoms with Crippen LogP contribution in [0.25, 0.3) is 0 Å². The minimum absolute atomic E-state index is 0.00470. The number of carbonyl (C=O) groups is 2. The third-order valence-corrected chi connectivity index (χ3v) is 3.60. The van der Waals surface area contributed by atoms with E-state index in [1.807, 2.05) is 0 Å². The molecule has 0 aliphatic carbocycles. The fourth-order valence-electron chi connectivity index (χ4n) is 2.31. The maximum atomic E-state index is 12.4. The molecule has 0 aliphatic rings. The Labute approximate surface area is 160 Å². The van der Waals surface area contributed by atoms with Crippen molar-refractivity contribution in [2.75, 3.05) is 5.32 Å². The van der Waals surface area contributed by atoms with Crippen molar-refractivity contribution in [3.05, 3.63) is 53.2 Å². The van der Waals surface area contributed by atoms with Crippen LogP contribution >= 0.6 is 0 Å². The second-order valence-electron chi connectivity index (χ2n) is 6.46. The Bertz CT molecular complexity index is 867. The van der Waals surface area contributed by atoms with E-state index in [-0.39, 0.29) is 35.5 Å². The lowest BCUT2D eigenvalue weighted by atomic mass is 10.1. The molecule has 0 saturated carbocycles. The van der Waals surface area contributed by atoms with Gasteiger partial charge in [0.2, 0.25) is 5.91 Å². The molecule has 0 aliphatic heterocycles. The van der Waals surface area contributed by atoms with Crippen molar-refractivity contribution in [2.45, 2.75) is 33.7 Å². The predicted octanol–water partition coefficient (Wildman–Crippen LogP) is 3.81. The summed E-state index contributed by atoms with van der Waals surface area (Å²) in [7, 11) is 0. The summed E-state index contributed by atoms with van der Waals surface area (Å²) < 4.78 is 41.1. The zero-order valence-corrected chi connectivity index (χ0v) is 15.6. The van der Waals surface area contributed by atoms with Crippen LogP contribution in [-0.2, 0) is 11.3 Å². The lowest BCUT2D eigenvalue weighted by molar-refractivity contribution is -0.274. The fraction of sp³-hybridized carbons (Fsp3) is 0.316. The number of benzene rings is 1. The minimum atomic E-state index is -4.79. The molecule has 28 heavy (non-hydrogen) atoms. The minimum Gasteiger partial charge on any atom is -0.406 e. The van der Waals surface area contributed by atoms with E-state index in [0.29, 0.717) is 11.1 Å². The van der Waals surface area contributed by atoms with E-state index in [4.69, 9.17) is 0 Å². The first-order valence-electron chi connectivity index (χ1n) is 8.45. The smallest absolute Gasteiger partial charge is 0.406 e. The average Bonchev–Trinajstić information content (AvgIpc) is 2.57. The van der Waals surface area contributed by atoms with Crippen molar-refractivity contribution in [3.8, 4) is 5.75 Å². The third-order valence-electron chi connectivity index (χ3n) is 3.60. The van der Waals surface area contributed by atoms with E-state index in [1.165, 1.54) is 30.5 Å². The van der Waals surface area contributed by atoms with E-state index in [9.17, 15) is 22.8 Å². The number of amides is 2. The van der Waals surface area contributed by atoms with Crippen LogP contribution in [0.4, 0.5) is 19.0 Å². The van der Waals surface area contributed by atoms with Crippen LogP contribution in [0.3, 0.4) is 0 Å². The molecule has 0 unspecified atom stereocenters. The van der Waals surface area contributed by atoms with Crippen molar-refractivity contribution in [1.82, 2.24) is 10.3 Å². The summed E-state index contributed by atoms with van der Waals surface area (Å²) in [6, 6.07) is 7.00. The number of anilines is 1. The Hall–Kier alpha value is -3.10. The fourth-order valence-corrected chi connectivity index (χ4v) is 2.31. The molecule has 2 rings (SSSR count). The Kier molecular flexibility index (Phi) is 6.61. The number of pyridine rings is 1. The number of carbonyl (C=O) groups excluding carboxylic acids is 2. The molecule has 1 aromatic carbocycles. The highest BCUT2D eigenvalue weighted by Gasteiger charge is 2.31. The van der Waals surface area contributed by atoms with Gasteiger partial charge in [-0.3, -0.25) is 9.59 Å². The summed E-state index contributed by atoms with van der Waals surface area (Å²) in [6.45, 7) is 5.08. The first-order chi connectivity index (χ1) is 13.0. The van der Waals surface area contributed by atoms with Crippen LogP contribution < -0.4 is 15.4 Å². The van der Waals surface area contributed by atoms with E-state index < -0.39 is 12.3 Å². The molecule has 1 aromatic heterocycles. The maximum Gasteiger partial charge on any atom is 0.573 e. The highest BCUT2D eigenvalue weighted by Crippen LogP contribution is 2.25. The van der Waals surface area contributed by atoms with Crippen molar-refractivity contribution in [3.63, 3.8) is 0 Å². The Morgan fingerprint density at radius 2 is 1.89 bits per heavy atom. The van der Waals surface area contributed by atoms with E-state index in [0.717, 1.165) is 0 Å². The van der Waals surface area contributed by atoms with Gasteiger partial charge in [0.25, 0.3) is 5.91 Å². The van der Waals surface area contributed by atoms with Crippen LogP contribution in [0.1, 0.15) is 35.3 Å². The molecule has 150 valence electrons. The molecule has 1 heterocycles. The number of aromatic nitrogens is 1. The molecule has 0 radical (unpaired) electrons. The molecule has 0 fully saturated rings. The van der Waals surface area contributed by atoms with Crippen LogP contribution in [-0.4, -0.2) is 23.2 Å². The number of rotatable bonds is 6. The van der Waals surface area contributed by atoms with Crippen LogP contribution in [0.2, 0.25) is 0 Å². The average molecular weight is 395 g/mol. The lowest BCUT2D eigenvalue weighted by Crippen LogP contribution is -2.24. The number of aryl methyl sites for hydroxylation is 1. The summed E-state index contributed by atoms with van der Waals surface area (Å²) in [6.07, 6.45) is -3.41. The summed E-state index contributed by atoms with van der Waals surface area (Å²) in [4.78, 5) is 28.0. The highest BCUT2D eigenvalue weighted by atomic mass is 19.4. The van der Waals surface area contributed by atoms with Crippen molar-refractivity contribution < 1.29 is 27.5 Å². The highest BCUT2D eigenvalue weighted by molar-refractivity contribution is 5.96. The zero-order valence-electron chi connectivity index (χ0n) is 15.6. The molecule has 2 amide bonds. The summed E-state index contributed by atoms with van der Waals surface area (Å²) in [5, 5.41) is 5.21. The van der Waals surface area contributed by atoms with Gasteiger partial charge >= 0.3 is 6.36 Å². The van der Waals surface area contributed by atoms with Crippen molar-refractivity contribution in [2.24, 2.45) is 5.92 Å². The maximum absolute atomic E-state index is 12.4. The van der Waals surface area contributed by atoms with Gasteiger partial charge in [0.15, 0.2) is 0 Å². The van der Waals surface area contributed by atoms with E-state index >= 15 is 0 Å². The first-order valence-corrected chi connectivity index (χ1v) is 8.45. The monoisotopic (exact) mass is 395 g/mol. The van der Waals surface area contributed by atoms with Crippen LogP contribution in [0, 0.1) is 12.8 Å². The van der Waals surface area contributed by atoms with E-state index in [1.54, 1.807) is 26.8 Å². The molecular weight excluding hydrogens is 375 g/mol. The normalized spacial score (nSPS) is 11.2. The van der Waals surface area contributed by atoms with Gasteiger partial charge in [-0.25, -0.2) is 4.98 Å². The third kappa shape index (κ3) is 6.57. The zero-order chi connectivity index (χ0) is 20.9. The number of nitrogens with zero attached hydrogens (tertiary/aromatic N) is 1. The SMILES string of the molecule is Cc1cc(CNC(=O)c2ccnc(NC(=O)C(C)C)c2)cc(OC(F)(F)F)c1. The summed E-state index contributed by atoms with van der Waals surface area (Å²) in [5.41, 5.74) is 1.28. The van der Waals surface area contributed by atoms with Gasteiger partial charge < -0.3 is 15.4 Å². The van der Waals surface area contributed by atoms with Gasteiger partial charge in [-0.05, 0) is 42.3 Å². The second kappa shape index (κ2) is 8.73. The molecular formula is C19H20F3N3O3. The van der Waals surface area contributed by atoms with Gasteiger partial charge in [0.1, 0.15) is 11.6 Å². The molecule has 0 atom stereocenters. The number of hydrogen-bond acceptors (Lipinski definition) is 4. The first kappa shape index (κ1) is 21.2. The van der Waals surface area contributed by atoms with E-state index in [2.05, 4.69) is 20.4 Å². The Balaban J connectivity index is 2.05. The number of nitrogens with one attached hydrogen (secondary N) is 2. The number of halogens is 3. The van der Waals surface area contributed by atoms with Gasteiger partial charge in [-0.2, -0.15) is 0 Å². The lowest BCUT2D eigenvalue weighted by Gasteiger charge is -2.12. The second-order valence-corrected chi connectivity index (χ2v) is 6.46. The molecule has 6 nitrogen and oxygen atoms in total. The molecule has 9 heteroatoms. The number of alkyl halides is 3. The Morgan fingerprint density at radius 3 is 2.54 bits per heavy atom. The molecule has 0 spiro atoms. The van der Waals surface area contributed by atoms with Gasteiger partial charge in [0.05, 0.1) is 0 Å². The predicted molar refractivity (Wildman–Crippen MR) is 96.7 cm³/mol. The van der Waals surface area contributed by atoms with Gasteiger partial charge in [-0.15, -0.1) is 13.2 Å². The number of ether oxygens (including phenoxy) is 1. The number of hydrogen-bond donors (Lipinski definition) is 2. The quantitative estimate of drug-likeness (QED) is 0.779. The molecule has 0 saturated heterocycles. The Morgan fingerprint density at radius 1 is 1.18 bits per heavy atom. The van der Waals surface area contributed by atoms with Gasteiger partial charge in [0, 0.05) is 24.2 Å². The topological polar surface area (TPSA) is 80.3 Å². The molecule has 2 N–H and O–H groups in total. The molecule has 0 bridgehead atoms.